The van der Waals surface area contributed by atoms with Gasteiger partial charge in [0.05, 0.1) is 35.6 Å². The van der Waals surface area contributed by atoms with E-state index in [-0.39, 0.29) is 42.5 Å². The summed E-state index contributed by atoms with van der Waals surface area (Å²) in [6, 6.07) is 7.67. The van der Waals surface area contributed by atoms with Crippen LogP contribution in [0.3, 0.4) is 0 Å². The largest absolute Gasteiger partial charge is 0.481 e. The number of nitrogens with one attached hydrogen (secondary N) is 2. The number of carbonyl (C=O) groups is 1. The minimum Gasteiger partial charge on any atom is -0.481 e. The van der Waals surface area contributed by atoms with E-state index in [4.69, 9.17) is 15.6 Å². The first-order chi connectivity index (χ1) is 15.7. The third-order valence-electron chi connectivity index (χ3n) is 6.38. The normalized spacial score (nSPS) is 20.2. The summed E-state index contributed by atoms with van der Waals surface area (Å²) >= 11 is 0. The zero-order valence-corrected chi connectivity index (χ0v) is 19.3. The highest BCUT2D eigenvalue weighted by molar-refractivity contribution is 5.94. The number of fused-ring (bicyclic) bond motifs is 1. The van der Waals surface area contributed by atoms with Crippen LogP contribution in [0, 0.1) is 33.5 Å². The van der Waals surface area contributed by atoms with Gasteiger partial charge < -0.3 is 14.4 Å². The highest BCUT2D eigenvalue weighted by atomic mass is 16.5. The van der Waals surface area contributed by atoms with Crippen molar-refractivity contribution < 1.29 is 14.6 Å². The van der Waals surface area contributed by atoms with E-state index < -0.39 is 6.09 Å². The summed E-state index contributed by atoms with van der Waals surface area (Å²) in [5.41, 5.74) is 2.35. The molecule has 176 valence electrons. The monoisotopic (exact) mass is 452 g/mol. The topological polar surface area (TPSA) is 139 Å². The Morgan fingerprint density at radius 3 is 2.91 bits per heavy atom. The van der Waals surface area contributed by atoms with Gasteiger partial charge in [0, 0.05) is 25.9 Å². The first-order valence-corrected chi connectivity index (χ1v) is 11.4. The smallest absolute Gasteiger partial charge is 0.412 e. The number of amides is 1. The molecule has 1 amide bonds. The number of aromatic nitrogens is 2. The molecule has 1 fully saturated rings. The Bertz CT molecular complexity index is 1070. The molecule has 1 saturated carbocycles. The Hall–Kier alpha value is -3.41. The highest BCUT2D eigenvalue weighted by Gasteiger charge is 2.35. The molecular formula is C24H32N6O3. The fraction of sp³-hybridized carbons (Fsp3) is 0.542. The molecule has 0 spiro atoms. The molecule has 0 aliphatic heterocycles. The second kappa shape index (κ2) is 10.5. The number of nitrogens with zero attached hydrogens (tertiary/aromatic N) is 4. The maximum Gasteiger partial charge on any atom is 0.412 e. The molecule has 1 aromatic heterocycles. The van der Waals surface area contributed by atoms with E-state index in [9.17, 15) is 15.2 Å². The lowest BCUT2D eigenvalue weighted by Crippen LogP contribution is -2.42. The van der Waals surface area contributed by atoms with Crippen molar-refractivity contribution in [2.45, 2.75) is 58.9 Å². The Labute approximate surface area is 194 Å². The molecule has 0 radical (unpaired) electrons. The summed E-state index contributed by atoms with van der Waals surface area (Å²) < 4.78 is 7.19. The van der Waals surface area contributed by atoms with E-state index in [0.717, 1.165) is 48.2 Å². The van der Waals surface area contributed by atoms with Crippen molar-refractivity contribution in [2.75, 3.05) is 13.2 Å². The minimum atomic E-state index is -1.13. The Balaban J connectivity index is 1.67. The molecule has 2 atom stereocenters. The fourth-order valence-corrected chi connectivity index (χ4v) is 4.86. The van der Waals surface area contributed by atoms with Gasteiger partial charge in [-0.15, -0.1) is 0 Å². The number of nitriles is 1. The van der Waals surface area contributed by atoms with E-state index in [1.165, 1.54) is 0 Å². The average Bonchev–Trinajstić information content (AvgIpc) is 3.17. The summed E-state index contributed by atoms with van der Waals surface area (Å²) in [6.45, 7) is 5.43. The lowest BCUT2D eigenvalue weighted by molar-refractivity contribution is 0.113. The molecule has 2 aromatic rings. The average molecular weight is 453 g/mol. The van der Waals surface area contributed by atoms with Crippen LogP contribution in [0.1, 0.15) is 57.9 Å². The predicted molar refractivity (Wildman–Crippen MR) is 126 cm³/mol. The van der Waals surface area contributed by atoms with Crippen LogP contribution in [0.15, 0.2) is 24.5 Å². The number of benzene rings is 1. The number of amidine groups is 1. The van der Waals surface area contributed by atoms with Crippen molar-refractivity contribution in [3.63, 3.8) is 0 Å². The zero-order valence-electron chi connectivity index (χ0n) is 19.3. The number of carboxylic acid groups (broad SMARTS) is 1. The summed E-state index contributed by atoms with van der Waals surface area (Å²) in [5.74, 6) is 0.227. The molecule has 1 heterocycles. The van der Waals surface area contributed by atoms with Gasteiger partial charge in [-0.25, -0.2) is 9.78 Å². The maximum atomic E-state index is 11.9. The van der Waals surface area contributed by atoms with Gasteiger partial charge in [0.15, 0.2) is 5.90 Å². The van der Waals surface area contributed by atoms with Crippen molar-refractivity contribution in [1.29, 1.82) is 16.1 Å². The number of hydrogen-bond donors (Lipinski definition) is 3. The SMILES string of the molecule is CCOC(=N)CCC(=N)N(CC1CCCC(C)(Cn2cnc3ccc(C#N)cc32)C1)C(=O)O. The third kappa shape index (κ3) is 6.09. The van der Waals surface area contributed by atoms with Gasteiger partial charge in [-0.2, -0.15) is 5.26 Å². The first-order valence-electron chi connectivity index (χ1n) is 11.4. The Kier molecular flexibility index (Phi) is 7.69. The van der Waals surface area contributed by atoms with Gasteiger partial charge in [-0.05, 0) is 55.7 Å². The van der Waals surface area contributed by atoms with Crippen molar-refractivity contribution in [1.82, 2.24) is 14.5 Å². The zero-order chi connectivity index (χ0) is 24.0. The van der Waals surface area contributed by atoms with Gasteiger partial charge >= 0.3 is 6.09 Å². The van der Waals surface area contributed by atoms with Crippen LogP contribution in [-0.4, -0.2) is 50.5 Å². The lowest BCUT2D eigenvalue weighted by Gasteiger charge is -2.40. The standard InChI is InChI=1S/C24H32N6O3/c1-3-33-22(27)9-8-21(26)30(23(31)32)14-18-5-4-10-24(2,12-18)15-29-16-28-19-7-6-17(13-25)11-20(19)29/h6-7,11,16,18,26-27H,3-5,8-10,12,14-15H2,1-2H3,(H,31,32). The summed E-state index contributed by atoms with van der Waals surface area (Å²) in [6.07, 6.45) is 4.85. The van der Waals surface area contributed by atoms with E-state index >= 15 is 0 Å². The Morgan fingerprint density at radius 2 is 2.21 bits per heavy atom. The van der Waals surface area contributed by atoms with Gasteiger partial charge in [0.25, 0.3) is 0 Å². The first kappa shape index (κ1) is 24.2. The molecule has 33 heavy (non-hydrogen) atoms. The molecule has 9 heteroatoms. The number of hydrogen-bond acceptors (Lipinski definition) is 6. The van der Waals surface area contributed by atoms with Crippen LogP contribution in [0.4, 0.5) is 4.79 Å². The molecule has 0 bridgehead atoms. The number of imidazole rings is 1. The van der Waals surface area contributed by atoms with Crippen molar-refractivity contribution in [2.24, 2.45) is 11.3 Å². The minimum absolute atomic E-state index is 0.00358. The highest BCUT2D eigenvalue weighted by Crippen LogP contribution is 2.41. The van der Waals surface area contributed by atoms with E-state index in [1.54, 1.807) is 13.0 Å². The van der Waals surface area contributed by atoms with Gasteiger partial charge in [-0.1, -0.05) is 13.3 Å². The maximum absolute atomic E-state index is 11.9. The van der Waals surface area contributed by atoms with Crippen LogP contribution in [0.5, 0.6) is 0 Å². The molecule has 0 saturated heterocycles. The quantitative estimate of drug-likeness (QED) is 0.388. The van der Waals surface area contributed by atoms with Crippen molar-refractivity contribution >= 4 is 28.9 Å². The summed E-state index contributed by atoms with van der Waals surface area (Å²) in [5, 5.41) is 34.9. The molecule has 9 nitrogen and oxygen atoms in total. The summed E-state index contributed by atoms with van der Waals surface area (Å²) in [4.78, 5) is 17.5. The molecule has 1 aromatic carbocycles. The van der Waals surface area contributed by atoms with Gasteiger partial charge in [0.2, 0.25) is 0 Å². The van der Waals surface area contributed by atoms with Crippen LogP contribution in [0.2, 0.25) is 0 Å². The molecule has 1 aliphatic rings. The second-order valence-corrected chi connectivity index (χ2v) is 9.16. The van der Waals surface area contributed by atoms with E-state index in [0.29, 0.717) is 12.2 Å². The van der Waals surface area contributed by atoms with Crippen LogP contribution in [0.25, 0.3) is 11.0 Å². The van der Waals surface area contributed by atoms with Crippen LogP contribution in [-0.2, 0) is 11.3 Å². The fourth-order valence-electron chi connectivity index (χ4n) is 4.86. The molecule has 3 N–H and O–H groups in total. The lowest BCUT2D eigenvalue weighted by atomic mass is 9.70. The molecular weight excluding hydrogens is 420 g/mol. The predicted octanol–water partition coefficient (Wildman–Crippen LogP) is 4.86. The van der Waals surface area contributed by atoms with Crippen LogP contribution < -0.4 is 0 Å². The van der Waals surface area contributed by atoms with E-state index in [1.807, 2.05) is 18.5 Å². The van der Waals surface area contributed by atoms with Crippen LogP contribution >= 0.6 is 0 Å². The number of ether oxygens (including phenoxy) is 1. The van der Waals surface area contributed by atoms with Gasteiger partial charge in [0.1, 0.15) is 5.84 Å². The molecule has 1 aliphatic carbocycles. The molecule has 2 unspecified atom stereocenters. The van der Waals surface area contributed by atoms with E-state index in [2.05, 4.69) is 22.5 Å². The van der Waals surface area contributed by atoms with Crippen molar-refractivity contribution in [3.05, 3.63) is 30.1 Å². The van der Waals surface area contributed by atoms with Gasteiger partial charge in [-0.3, -0.25) is 15.7 Å². The third-order valence-corrected chi connectivity index (χ3v) is 6.38. The summed E-state index contributed by atoms with van der Waals surface area (Å²) in [7, 11) is 0. The molecule has 3 rings (SSSR count). The number of rotatable bonds is 8. The second-order valence-electron chi connectivity index (χ2n) is 9.16. The van der Waals surface area contributed by atoms with Crippen molar-refractivity contribution in [3.8, 4) is 6.07 Å². The Morgan fingerprint density at radius 1 is 1.42 bits per heavy atom.